The fraction of sp³-hybridized carbons (Fsp3) is 0.417. The van der Waals surface area contributed by atoms with Crippen LogP contribution in [0.25, 0.3) is 0 Å². The van der Waals surface area contributed by atoms with Gasteiger partial charge in [-0.25, -0.2) is 4.98 Å². The van der Waals surface area contributed by atoms with Gasteiger partial charge in [-0.1, -0.05) is 0 Å². The van der Waals surface area contributed by atoms with Crippen molar-refractivity contribution in [2.75, 3.05) is 18.0 Å². The number of carboxylic acid groups (broad SMARTS) is 1. The highest BCUT2D eigenvalue weighted by atomic mass is 16.4. The SMILES string of the molecule is CC1(C(=O)O)CCN(c2cc(C#N)ccn2)C1. The predicted molar refractivity (Wildman–Crippen MR) is 61.5 cm³/mol. The summed E-state index contributed by atoms with van der Waals surface area (Å²) >= 11 is 0. The highest BCUT2D eigenvalue weighted by molar-refractivity contribution is 5.76. The molecule has 0 bridgehead atoms. The largest absolute Gasteiger partial charge is 0.481 e. The predicted octanol–water partition coefficient (Wildman–Crippen LogP) is 1.25. The molecular formula is C12H13N3O2. The molecule has 1 aromatic rings. The van der Waals surface area contributed by atoms with E-state index in [9.17, 15) is 4.79 Å². The maximum atomic E-state index is 11.1. The Hall–Kier alpha value is -2.09. The smallest absolute Gasteiger partial charge is 0.311 e. The van der Waals surface area contributed by atoms with Crippen LogP contribution in [0.5, 0.6) is 0 Å². The Morgan fingerprint density at radius 2 is 2.47 bits per heavy atom. The Morgan fingerprint density at radius 3 is 3.06 bits per heavy atom. The van der Waals surface area contributed by atoms with Crippen LogP contribution in [0.15, 0.2) is 18.3 Å². The number of carbonyl (C=O) groups is 1. The lowest BCUT2D eigenvalue weighted by molar-refractivity contribution is -0.146. The van der Waals surface area contributed by atoms with Crippen LogP contribution in [-0.2, 0) is 4.79 Å². The number of anilines is 1. The van der Waals surface area contributed by atoms with Crippen molar-refractivity contribution in [3.8, 4) is 6.07 Å². The topological polar surface area (TPSA) is 77.2 Å². The zero-order valence-corrected chi connectivity index (χ0v) is 9.55. The van der Waals surface area contributed by atoms with Gasteiger partial charge in [0.2, 0.25) is 0 Å². The Morgan fingerprint density at radius 1 is 1.71 bits per heavy atom. The summed E-state index contributed by atoms with van der Waals surface area (Å²) in [6, 6.07) is 5.37. The molecule has 1 fully saturated rings. The van der Waals surface area contributed by atoms with Gasteiger partial charge in [-0.05, 0) is 25.5 Å². The molecule has 1 aromatic heterocycles. The highest BCUT2D eigenvalue weighted by Gasteiger charge is 2.40. The monoisotopic (exact) mass is 231 g/mol. The van der Waals surface area contributed by atoms with E-state index in [1.165, 1.54) is 0 Å². The van der Waals surface area contributed by atoms with Gasteiger partial charge in [0.1, 0.15) is 5.82 Å². The normalized spacial score (nSPS) is 23.4. The van der Waals surface area contributed by atoms with Crippen molar-refractivity contribution in [2.24, 2.45) is 5.41 Å². The molecule has 0 aliphatic carbocycles. The highest BCUT2D eigenvalue weighted by Crippen LogP contribution is 2.32. The first kappa shape index (κ1) is 11.4. The second-order valence-electron chi connectivity index (χ2n) is 4.55. The van der Waals surface area contributed by atoms with Gasteiger partial charge in [0.15, 0.2) is 0 Å². The van der Waals surface area contributed by atoms with Gasteiger partial charge in [0, 0.05) is 19.3 Å². The molecule has 1 atom stereocenters. The first-order valence-corrected chi connectivity index (χ1v) is 5.40. The lowest BCUT2D eigenvalue weighted by Gasteiger charge is -2.20. The molecule has 1 aliphatic heterocycles. The van der Waals surface area contributed by atoms with Crippen molar-refractivity contribution < 1.29 is 9.90 Å². The molecule has 2 rings (SSSR count). The van der Waals surface area contributed by atoms with Gasteiger partial charge in [0.25, 0.3) is 0 Å². The molecule has 17 heavy (non-hydrogen) atoms. The maximum Gasteiger partial charge on any atom is 0.311 e. The van der Waals surface area contributed by atoms with Crippen LogP contribution in [0.1, 0.15) is 18.9 Å². The van der Waals surface area contributed by atoms with Gasteiger partial charge >= 0.3 is 5.97 Å². The first-order chi connectivity index (χ1) is 8.05. The summed E-state index contributed by atoms with van der Waals surface area (Å²) < 4.78 is 0. The lowest BCUT2D eigenvalue weighted by Crippen LogP contribution is -2.32. The number of rotatable bonds is 2. The van der Waals surface area contributed by atoms with Crippen LogP contribution in [0.2, 0.25) is 0 Å². The third kappa shape index (κ3) is 2.07. The van der Waals surface area contributed by atoms with E-state index in [-0.39, 0.29) is 0 Å². The van der Waals surface area contributed by atoms with E-state index in [1.807, 2.05) is 4.90 Å². The average molecular weight is 231 g/mol. The standard InChI is InChI=1S/C12H13N3O2/c1-12(11(16)17)3-5-15(8-12)10-6-9(7-13)2-4-14-10/h2,4,6H,3,5,8H2,1H3,(H,16,17). The molecule has 2 heterocycles. The molecule has 0 radical (unpaired) electrons. The Kier molecular flexibility index (Phi) is 2.72. The third-order valence-corrected chi connectivity index (χ3v) is 3.19. The van der Waals surface area contributed by atoms with Crippen molar-refractivity contribution in [3.05, 3.63) is 23.9 Å². The van der Waals surface area contributed by atoms with Gasteiger partial charge < -0.3 is 10.0 Å². The Balaban J connectivity index is 2.21. The second kappa shape index (κ2) is 4.06. The number of nitrogens with zero attached hydrogens (tertiary/aromatic N) is 3. The van der Waals surface area contributed by atoms with E-state index >= 15 is 0 Å². The van der Waals surface area contributed by atoms with Crippen LogP contribution in [-0.4, -0.2) is 29.1 Å². The lowest BCUT2D eigenvalue weighted by atomic mass is 9.90. The molecule has 1 aliphatic rings. The van der Waals surface area contributed by atoms with Crippen molar-refractivity contribution in [1.82, 2.24) is 4.98 Å². The third-order valence-electron chi connectivity index (χ3n) is 3.19. The average Bonchev–Trinajstić information content (AvgIpc) is 2.74. The summed E-state index contributed by atoms with van der Waals surface area (Å²) in [5.41, 5.74) is -0.177. The van der Waals surface area contributed by atoms with Gasteiger partial charge in [-0.15, -0.1) is 0 Å². The fourth-order valence-electron chi connectivity index (χ4n) is 1.99. The van der Waals surface area contributed by atoms with Gasteiger partial charge in [0.05, 0.1) is 17.0 Å². The van der Waals surface area contributed by atoms with E-state index in [0.717, 1.165) is 0 Å². The quantitative estimate of drug-likeness (QED) is 0.829. The van der Waals surface area contributed by atoms with Crippen LogP contribution >= 0.6 is 0 Å². The molecule has 1 saturated heterocycles. The molecule has 0 aromatic carbocycles. The Labute approximate surface area is 99.3 Å². The molecular weight excluding hydrogens is 218 g/mol. The molecule has 0 spiro atoms. The van der Waals surface area contributed by atoms with Crippen molar-refractivity contribution >= 4 is 11.8 Å². The number of carboxylic acids is 1. The van der Waals surface area contributed by atoms with Crippen molar-refractivity contribution in [3.63, 3.8) is 0 Å². The molecule has 1 N–H and O–H groups in total. The van der Waals surface area contributed by atoms with E-state index in [4.69, 9.17) is 10.4 Å². The van der Waals surface area contributed by atoms with E-state index in [0.29, 0.717) is 30.9 Å². The molecule has 0 saturated carbocycles. The minimum atomic E-state index is -0.781. The number of nitriles is 1. The number of hydrogen-bond donors (Lipinski definition) is 1. The van der Waals surface area contributed by atoms with Crippen LogP contribution in [0.3, 0.4) is 0 Å². The molecule has 0 amide bonds. The van der Waals surface area contributed by atoms with Crippen LogP contribution in [0.4, 0.5) is 5.82 Å². The zero-order valence-electron chi connectivity index (χ0n) is 9.55. The summed E-state index contributed by atoms with van der Waals surface area (Å²) in [6.07, 6.45) is 2.17. The van der Waals surface area contributed by atoms with Gasteiger partial charge in [-0.2, -0.15) is 5.26 Å². The summed E-state index contributed by atoms with van der Waals surface area (Å²) in [5.74, 6) is -0.106. The van der Waals surface area contributed by atoms with Crippen molar-refractivity contribution in [1.29, 1.82) is 5.26 Å². The fourth-order valence-corrected chi connectivity index (χ4v) is 1.99. The zero-order chi connectivity index (χ0) is 12.5. The maximum absolute atomic E-state index is 11.1. The summed E-state index contributed by atoms with van der Waals surface area (Å²) in [5, 5.41) is 17.9. The Bertz CT molecular complexity index is 495. The van der Waals surface area contributed by atoms with Gasteiger partial charge in [-0.3, -0.25) is 4.79 Å². The van der Waals surface area contributed by atoms with E-state index in [1.54, 1.807) is 25.3 Å². The molecule has 88 valence electrons. The minimum Gasteiger partial charge on any atom is -0.481 e. The minimum absolute atomic E-state index is 0.435. The van der Waals surface area contributed by atoms with Crippen LogP contribution < -0.4 is 4.90 Å². The number of aromatic nitrogens is 1. The van der Waals surface area contributed by atoms with Crippen molar-refractivity contribution in [2.45, 2.75) is 13.3 Å². The number of hydrogen-bond acceptors (Lipinski definition) is 4. The molecule has 5 nitrogen and oxygen atoms in total. The summed E-state index contributed by atoms with van der Waals surface area (Å²) in [6.45, 7) is 2.83. The molecule has 1 unspecified atom stereocenters. The van der Waals surface area contributed by atoms with Crippen LogP contribution in [0, 0.1) is 16.7 Å². The van der Waals surface area contributed by atoms with E-state index < -0.39 is 11.4 Å². The first-order valence-electron chi connectivity index (χ1n) is 5.40. The second-order valence-corrected chi connectivity index (χ2v) is 4.55. The number of pyridine rings is 1. The number of aliphatic carboxylic acids is 1. The molecule has 5 heteroatoms. The summed E-state index contributed by atoms with van der Waals surface area (Å²) in [4.78, 5) is 17.2. The van der Waals surface area contributed by atoms with E-state index in [2.05, 4.69) is 11.1 Å². The summed E-state index contributed by atoms with van der Waals surface area (Å²) in [7, 11) is 0.